The number of carbonyl (C=O) groups is 1. The molecule has 11 heteroatoms. The van der Waals surface area contributed by atoms with Crippen molar-refractivity contribution >= 4 is 23.2 Å². The summed E-state index contributed by atoms with van der Waals surface area (Å²) in [6.45, 7) is 5.14. The molecular weight excluding hydrogens is 526 g/mol. The zero-order chi connectivity index (χ0) is 29.3. The van der Waals surface area contributed by atoms with Crippen molar-refractivity contribution in [1.29, 1.82) is 0 Å². The van der Waals surface area contributed by atoms with Gasteiger partial charge in [-0.05, 0) is 63.2 Å². The molecule has 0 saturated heterocycles. The number of pyridine rings is 1. The van der Waals surface area contributed by atoms with E-state index in [1.54, 1.807) is 86.1 Å². The lowest BCUT2D eigenvalue weighted by molar-refractivity contribution is 0.0546. The number of hydrogen-bond donors (Lipinski definition) is 2. The van der Waals surface area contributed by atoms with Gasteiger partial charge in [-0.15, -0.1) is 0 Å². The van der Waals surface area contributed by atoms with Crippen molar-refractivity contribution in [2.45, 2.75) is 32.9 Å². The Morgan fingerprint density at radius 1 is 1.12 bits per heavy atom. The molecule has 4 aromatic rings. The lowest BCUT2D eigenvalue weighted by atomic mass is 10.1. The Morgan fingerprint density at radius 2 is 1.85 bits per heavy atom. The first-order valence-electron chi connectivity index (χ1n) is 12.9. The third kappa shape index (κ3) is 5.72. The van der Waals surface area contributed by atoms with Crippen molar-refractivity contribution < 1.29 is 19.4 Å². The van der Waals surface area contributed by atoms with Crippen LogP contribution < -0.4 is 25.4 Å². The van der Waals surface area contributed by atoms with E-state index in [4.69, 9.17) is 9.47 Å². The molecule has 0 bridgehead atoms. The smallest absolute Gasteiger partial charge is 0.284 e. The van der Waals surface area contributed by atoms with Gasteiger partial charge in [-0.3, -0.25) is 14.3 Å². The molecule has 0 saturated carbocycles. The van der Waals surface area contributed by atoms with Crippen LogP contribution in [0.25, 0.3) is 11.4 Å². The summed E-state index contributed by atoms with van der Waals surface area (Å²) in [5, 5.41) is 26.3. The van der Waals surface area contributed by atoms with E-state index >= 15 is 0 Å². The summed E-state index contributed by atoms with van der Waals surface area (Å²) in [5.74, 6) is 1.05. The third-order valence-corrected chi connectivity index (χ3v) is 6.55. The van der Waals surface area contributed by atoms with Crippen LogP contribution in [0.3, 0.4) is 0 Å². The van der Waals surface area contributed by atoms with Crippen LogP contribution >= 0.6 is 0 Å². The maximum atomic E-state index is 13.5. The van der Waals surface area contributed by atoms with E-state index in [2.05, 4.69) is 10.3 Å². The predicted molar refractivity (Wildman–Crippen MR) is 156 cm³/mol. The molecule has 3 heterocycles. The number of amides is 1. The van der Waals surface area contributed by atoms with Gasteiger partial charge < -0.3 is 30.2 Å². The van der Waals surface area contributed by atoms with E-state index in [0.29, 0.717) is 39.9 Å². The molecule has 212 valence electrons. The number of fused-ring (bicyclic) bond motifs is 1. The molecule has 1 aliphatic rings. The number of benzene rings is 2. The second-order valence-corrected chi connectivity index (χ2v) is 10.2. The molecule has 5 rings (SSSR count). The first-order chi connectivity index (χ1) is 19.6. The molecule has 0 atom stereocenters. The normalized spacial score (nSPS) is 12.9. The highest BCUT2D eigenvalue weighted by Crippen LogP contribution is 2.35. The zero-order valence-electron chi connectivity index (χ0n) is 23.1. The average molecular weight is 557 g/mol. The maximum Gasteiger partial charge on any atom is 0.284 e. The number of ether oxygens (including phenoxy) is 2. The zero-order valence-corrected chi connectivity index (χ0v) is 23.1. The number of carbonyl (C=O) groups excluding carboxylic acids is 1. The number of nitrogens with zero attached hydrogens (tertiary/aromatic N) is 4. The minimum atomic E-state index is -1.13. The monoisotopic (exact) mass is 556 g/mol. The molecule has 0 unspecified atom stereocenters. The molecule has 0 radical (unpaired) electrons. The van der Waals surface area contributed by atoms with Crippen molar-refractivity contribution in [3.05, 3.63) is 105 Å². The summed E-state index contributed by atoms with van der Waals surface area (Å²) in [7, 11) is 1.53. The highest BCUT2D eigenvalue weighted by molar-refractivity contribution is 6.04. The van der Waals surface area contributed by atoms with E-state index in [9.17, 15) is 19.9 Å². The van der Waals surface area contributed by atoms with Crippen molar-refractivity contribution in [2.24, 2.45) is 0 Å². The Labute approximate surface area is 236 Å². The van der Waals surface area contributed by atoms with Gasteiger partial charge in [-0.1, -0.05) is 18.2 Å². The Morgan fingerprint density at radius 3 is 2.51 bits per heavy atom. The second-order valence-electron chi connectivity index (χ2n) is 10.2. The lowest BCUT2D eigenvalue weighted by Crippen LogP contribution is -2.32. The van der Waals surface area contributed by atoms with Crippen molar-refractivity contribution in [3.8, 4) is 17.2 Å². The van der Waals surface area contributed by atoms with Crippen LogP contribution in [0.5, 0.6) is 11.5 Å². The number of nitrogens with one attached hydrogen (secondary N) is 1. The predicted octanol–water partition coefficient (Wildman–Crippen LogP) is 4.11. The van der Waals surface area contributed by atoms with Gasteiger partial charge in [0.2, 0.25) is 0 Å². The Balaban J connectivity index is 1.37. The van der Waals surface area contributed by atoms with Gasteiger partial charge in [0.05, 0.1) is 36.8 Å². The van der Waals surface area contributed by atoms with Gasteiger partial charge in [-0.25, -0.2) is 9.67 Å². The fraction of sp³-hybridized carbons (Fsp3) is 0.233. The van der Waals surface area contributed by atoms with Gasteiger partial charge >= 0.3 is 0 Å². The molecule has 0 spiro atoms. The summed E-state index contributed by atoms with van der Waals surface area (Å²) in [6, 6.07) is 17.3. The van der Waals surface area contributed by atoms with Crippen LogP contribution in [0.1, 0.15) is 35.5 Å². The van der Waals surface area contributed by atoms with E-state index in [1.807, 2.05) is 6.07 Å². The van der Waals surface area contributed by atoms with Crippen LogP contribution in [0.15, 0.2) is 77.7 Å². The number of rotatable bonds is 8. The summed E-state index contributed by atoms with van der Waals surface area (Å²) in [6.07, 6.45) is 3.12. The number of para-hydroxylation sites is 1. The Bertz CT molecular complexity index is 1670. The Kier molecular flexibility index (Phi) is 7.40. The Hall–Kier alpha value is -4.87. The molecule has 0 fully saturated rings. The van der Waals surface area contributed by atoms with Crippen molar-refractivity contribution in [2.75, 3.05) is 24.0 Å². The molecular formula is C30H30N5O6-. The number of anilines is 2. The SMILES string of the molecule is COc1ccc2c(c1)N([O-])CC=C2Oc1ccc(NC(=O)c2c(C)n(CC(C)(C)O)n(-c3ccccc3)c2=O)nc1. The third-order valence-electron chi connectivity index (χ3n) is 6.55. The van der Waals surface area contributed by atoms with Crippen LogP contribution in [0.4, 0.5) is 11.5 Å². The maximum absolute atomic E-state index is 13.5. The van der Waals surface area contributed by atoms with Crippen molar-refractivity contribution in [3.63, 3.8) is 0 Å². The first kappa shape index (κ1) is 27.7. The van der Waals surface area contributed by atoms with E-state index in [1.165, 1.54) is 18.0 Å². The molecule has 1 amide bonds. The lowest BCUT2D eigenvalue weighted by Gasteiger charge is -2.35. The van der Waals surface area contributed by atoms with E-state index in [-0.39, 0.29) is 24.5 Å². The molecule has 1 aliphatic heterocycles. The summed E-state index contributed by atoms with van der Waals surface area (Å²) < 4.78 is 14.2. The van der Waals surface area contributed by atoms with Gasteiger partial charge in [0.1, 0.15) is 28.6 Å². The molecule has 2 aromatic carbocycles. The number of hydrogen-bond acceptors (Lipinski definition) is 8. The van der Waals surface area contributed by atoms with Gasteiger partial charge in [0, 0.05) is 23.9 Å². The van der Waals surface area contributed by atoms with Crippen LogP contribution in [-0.2, 0) is 6.54 Å². The van der Waals surface area contributed by atoms with E-state index in [0.717, 1.165) is 5.06 Å². The highest BCUT2D eigenvalue weighted by atomic mass is 16.5. The van der Waals surface area contributed by atoms with Gasteiger partial charge in [0.25, 0.3) is 11.5 Å². The fourth-order valence-corrected chi connectivity index (χ4v) is 4.64. The fourth-order valence-electron chi connectivity index (χ4n) is 4.64. The molecule has 11 nitrogen and oxygen atoms in total. The minimum Gasteiger partial charge on any atom is -0.758 e. The molecule has 2 N–H and O–H groups in total. The quantitative estimate of drug-likeness (QED) is 0.331. The number of aromatic nitrogens is 3. The first-order valence-corrected chi connectivity index (χ1v) is 12.9. The largest absolute Gasteiger partial charge is 0.758 e. The van der Waals surface area contributed by atoms with Crippen LogP contribution in [-0.4, -0.2) is 44.6 Å². The standard InChI is InChI=1S/C30H30N5O6/c1-19-27(29(37)35(20-8-6-5-7-9-20)33(19)18-30(2,3)38)28(36)32-26-13-11-22(17-31-26)41-25-14-15-34(39)24-16-21(40-4)10-12-23(24)25/h5-14,16-17,38H,15,18H2,1-4H3,(H,31,32,36)/q-1. The van der Waals surface area contributed by atoms with Crippen molar-refractivity contribution in [1.82, 2.24) is 14.3 Å². The summed E-state index contributed by atoms with van der Waals surface area (Å²) in [4.78, 5) is 31.1. The number of aliphatic hydroxyl groups is 1. The average Bonchev–Trinajstić information content (AvgIpc) is 3.19. The van der Waals surface area contributed by atoms with Crippen LogP contribution in [0, 0.1) is 12.1 Å². The van der Waals surface area contributed by atoms with E-state index < -0.39 is 17.1 Å². The topological polar surface area (TPSA) is 134 Å². The van der Waals surface area contributed by atoms with Crippen LogP contribution in [0.2, 0.25) is 0 Å². The molecule has 2 aromatic heterocycles. The minimum absolute atomic E-state index is 0.0539. The highest BCUT2D eigenvalue weighted by Gasteiger charge is 2.27. The second kappa shape index (κ2) is 11.0. The number of hydroxylamine groups is 1. The van der Waals surface area contributed by atoms with Gasteiger partial charge in [-0.2, -0.15) is 0 Å². The summed E-state index contributed by atoms with van der Waals surface area (Å²) >= 11 is 0. The summed E-state index contributed by atoms with van der Waals surface area (Å²) in [5.41, 5.74) is 0.330. The van der Waals surface area contributed by atoms with Gasteiger partial charge in [0.15, 0.2) is 0 Å². The molecule has 0 aliphatic carbocycles. The molecule has 41 heavy (non-hydrogen) atoms. The number of methoxy groups -OCH3 is 1.